The summed E-state index contributed by atoms with van der Waals surface area (Å²) in [6.45, 7) is 0. The van der Waals surface area contributed by atoms with E-state index in [9.17, 15) is 24.5 Å². The van der Waals surface area contributed by atoms with Crippen molar-refractivity contribution in [3.05, 3.63) is 109 Å². The lowest BCUT2D eigenvalue weighted by Gasteiger charge is -2.21. The number of halogens is 1. The van der Waals surface area contributed by atoms with E-state index in [1.54, 1.807) is 24.3 Å². The van der Waals surface area contributed by atoms with Crippen LogP contribution in [0.4, 0.5) is 5.69 Å². The van der Waals surface area contributed by atoms with Crippen LogP contribution in [-0.4, -0.2) is 37.6 Å². The number of aliphatic carboxylic acids is 1. The first-order valence-corrected chi connectivity index (χ1v) is 12.4. The number of nitrogens with zero attached hydrogens (tertiary/aromatic N) is 3. The summed E-state index contributed by atoms with van der Waals surface area (Å²) in [6, 6.07) is 19.4. The zero-order chi connectivity index (χ0) is 27.7. The highest BCUT2D eigenvalue weighted by atomic mass is 35.5. The molecule has 0 spiro atoms. The Kier molecular flexibility index (Phi) is 6.95. The molecule has 0 saturated heterocycles. The molecule has 0 saturated carbocycles. The predicted molar refractivity (Wildman–Crippen MR) is 146 cm³/mol. The van der Waals surface area contributed by atoms with Crippen LogP contribution >= 0.6 is 11.6 Å². The average molecular weight is 545 g/mol. The lowest BCUT2D eigenvalue weighted by atomic mass is 9.91. The molecule has 2 N–H and O–H groups in total. The van der Waals surface area contributed by atoms with Gasteiger partial charge in [-0.2, -0.15) is 5.10 Å². The number of nitrogens with one attached hydrogen (secondary N) is 1. The number of fused-ring (bicyclic) bond motifs is 1. The van der Waals surface area contributed by atoms with Crippen molar-refractivity contribution in [2.24, 2.45) is 5.10 Å². The highest BCUT2D eigenvalue weighted by Crippen LogP contribution is 2.38. The predicted octanol–water partition coefficient (Wildman–Crippen LogP) is 5.30. The normalized spacial score (nSPS) is 14.8. The molecule has 1 aliphatic rings. The van der Waals surface area contributed by atoms with E-state index in [-0.39, 0.29) is 29.8 Å². The molecule has 2 heterocycles. The molecule has 4 aromatic rings. The Morgan fingerprint density at radius 3 is 2.54 bits per heavy atom. The van der Waals surface area contributed by atoms with Crippen molar-refractivity contribution in [1.29, 1.82) is 0 Å². The SMILES string of the molecule is O=C(O)CCC(=O)N1N=C(c2c(-c3ccccc3)c3cc(Cl)ccc3[nH]c2=O)CC1c1cccc([N+](=O)[O-])c1. The minimum absolute atomic E-state index is 0.0783. The number of nitro benzene ring substituents is 1. The number of rotatable bonds is 7. The number of carboxylic acids is 1. The van der Waals surface area contributed by atoms with Gasteiger partial charge < -0.3 is 10.1 Å². The Balaban J connectivity index is 1.70. The van der Waals surface area contributed by atoms with Gasteiger partial charge in [-0.25, -0.2) is 5.01 Å². The number of carboxylic acid groups (broad SMARTS) is 1. The number of H-pyrrole nitrogens is 1. The fourth-order valence-corrected chi connectivity index (χ4v) is 4.94. The fraction of sp³-hybridized carbons (Fsp3) is 0.143. The zero-order valence-electron chi connectivity index (χ0n) is 20.3. The van der Waals surface area contributed by atoms with Crippen LogP contribution < -0.4 is 5.56 Å². The van der Waals surface area contributed by atoms with Crippen molar-refractivity contribution < 1.29 is 19.6 Å². The first kappa shape index (κ1) is 25.8. The Morgan fingerprint density at radius 2 is 1.82 bits per heavy atom. The Bertz CT molecular complexity index is 1720. The topological polar surface area (TPSA) is 146 Å². The molecule has 196 valence electrons. The minimum Gasteiger partial charge on any atom is -0.481 e. The Labute approximate surface area is 226 Å². The molecule has 1 amide bonds. The van der Waals surface area contributed by atoms with Crippen LogP contribution in [0.2, 0.25) is 5.02 Å². The van der Waals surface area contributed by atoms with Crippen molar-refractivity contribution in [3.63, 3.8) is 0 Å². The van der Waals surface area contributed by atoms with Crippen molar-refractivity contribution in [2.45, 2.75) is 25.3 Å². The quantitative estimate of drug-likeness (QED) is 0.238. The molecule has 0 radical (unpaired) electrons. The number of aromatic amines is 1. The lowest BCUT2D eigenvalue weighted by Crippen LogP contribution is -2.27. The molecule has 3 aromatic carbocycles. The molecule has 10 nitrogen and oxygen atoms in total. The van der Waals surface area contributed by atoms with Gasteiger partial charge in [-0.3, -0.25) is 24.5 Å². The van der Waals surface area contributed by atoms with Crippen LogP contribution in [0.1, 0.15) is 36.4 Å². The van der Waals surface area contributed by atoms with Gasteiger partial charge in [0.05, 0.1) is 28.7 Å². The number of pyridine rings is 1. The van der Waals surface area contributed by atoms with Gasteiger partial charge in [0, 0.05) is 46.5 Å². The molecule has 1 aliphatic heterocycles. The second-order valence-electron chi connectivity index (χ2n) is 9.01. The van der Waals surface area contributed by atoms with Crippen LogP contribution in [-0.2, 0) is 9.59 Å². The van der Waals surface area contributed by atoms with Crippen LogP contribution in [0.25, 0.3) is 22.0 Å². The molecule has 0 aliphatic carbocycles. The van der Waals surface area contributed by atoms with Gasteiger partial charge in [0.25, 0.3) is 11.2 Å². The van der Waals surface area contributed by atoms with Gasteiger partial charge >= 0.3 is 5.97 Å². The van der Waals surface area contributed by atoms with Crippen molar-refractivity contribution in [3.8, 4) is 11.1 Å². The lowest BCUT2D eigenvalue weighted by molar-refractivity contribution is -0.385. The second kappa shape index (κ2) is 10.5. The molecule has 1 aromatic heterocycles. The smallest absolute Gasteiger partial charge is 0.303 e. The fourth-order valence-electron chi connectivity index (χ4n) is 4.77. The van der Waals surface area contributed by atoms with Crippen LogP contribution in [0.15, 0.2) is 82.7 Å². The van der Waals surface area contributed by atoms with Crippen molar-refractivity contribution >= 4 is 45.8 Å². The Morgan fingerprint density at radius 1 is 1.05 bits per heavy atom. The first-order valence-electron chi connectivity index (χ1n) is 12.0. The summed E-state index contributed by atoms with van der Waals surface area (Å²) in [6.07, 6.45) is -0.659. The monoisotopic (exact) mass is 544 g/mol. The zero-order valence-corrected chi connectivity index (χ0v) is 21.1. The van der Waals surface area contributed by atoms with Gasteiger partial charge in [-0.1, -0.05) is 54.1 Å². The average Bonchev–Trinajstić information content (AvgIpc) is 3.37. The van der Waals surface area contributed by atoms with Gasteiger partial charge in [0.15, 0.2) is 0 Å². The number of carbonyl (C=O) groups excluding carboxylic acids is 1. The third kappa shape index (κ3) is 5.14. The largest absolute Gasteiger partial charge is 0.481 e. The van der Waals surface area contributed by atoms with E-state index in [1.807, 2.05) is 30.3 Å². The molecule has 1 atom stereocenters. The second-order valence-corrected chi connectivity index (χ2v) is 9.45. The van der Waals surface area contributed by atoms with Crippen LogP contribution in [0.5, 0.6) is 0 Å². The molecular formula is C28H21ClN4O6. The van der Waals surface area contributed by atoms with E-state index < -0.39 is 34.8 Å². The summed E-state index contributed by atoms with van der Waals surface area (Å²) in [5, 5.41) is 27.3. The minimum atomic E-state index is -1.15. The van der Waals surface area contributed by atoms with Gasteiger partial charge in [0.1, 0.15) is 0 Å². The molecule has 0 fully saturated rings. The maximum Gasteiger partial charge on any atom is 0.303 e. The molecule has 5 rings (SSSR count). The molecule has 1 unspecified atom stereocenters. The number of hydrazone groups is 1. The van der Waals surface area contributed by atoms with Gasteiger partial charge in [0.2, 0.25) is 5.91 Å². The molecule has 0 bridgehead atoms. The van der Waals surface area contributed by atoms with Crippen molar-refractivity contribution in [2.75, 3.05) is 0 Å². The maximum absolute atomic E-state index is 13.5. The van der Waals surface area contributed by atoms with E-state index in [4.69, 9.17) is 16.7 Å². The highest BCUT2D eigenvalue weighted by Gasteiger charge is 2.36. The number of aromatic nitrogens is 1. The molecule has 11 heteroatoms. The van der Waals surface area contributed by atoms with Gasteiger partial charge in [-0.05, 0) is 29.3 Å². The number of nitro groups is 1. The summed E-state index contributed by atoms with van der Waals surface area (Å²) in [5.41, 5.74) is 2.24. The molecule has 39 heavy (non-hydrogen) atoms. The number of non-ortho nitro benzene ring substituents is 1. The summed E-state index contributed by atoms with van der Waals surface area (Å²) >= 11 is 6.32. The van der Waals surface area contributed by atoms with E-state index in [0.29, 0.717) is 27.1 Å². The van der Waals surface area contributed by atoms with Crippen LogP contribution in [0, 0.1) is 10.1 Å². The van der Waals surface area contributed by atoms with Crippen LogP contribution in [0.3, 0.4) is 0 Å². The number of hydrogen-bond acceptors (Lipinski definition) is 6. The summed E-state index contributed by atoms with van der Waals surface area (Å²) in [4.78, 5) is 51.6. The Hall–Kier alpha value is -4.83. The summed E-state index contributed by atoms with van der Waals surface area (Å²) in [5.74, 6) is -1.72. The number of hydrogen-bond donors (Lipinski definition) is 2. The number of amides is 1. The summed E-state index contributed by atoms with van der Waals surface area (Å²) < 4.78 is 0. The third-order valence-corrected chi connectivity index (χ3v) is 6.75. The van der Waals surface area contributed by atoms with Crippen molar-refractivity contribution in [1.82, 2.24) is 9.99 Å². The van der Waals surface area contributed by atoms with E-state index in [1.165, 1.54) is 18.2 Å². The third-order valence-electron chi connectivity index (χ3n) is 6.51. The van der Waals surface area contributed by atoms with E-state index in [2.05, 4.69) is 10.1 Å². The standard InChI is InChI=1S/C28H21ClN4O6/c29-18-9-10-21-20(14-18)26(16-5-2-1-3-6-16)27(28(37)30-21)22-15-23(17-7-4-8-19(13-17)33(38)39)32(31-22)24(34)11-12-25(35)36/h1-10,13-14,23H,11-12,15H2,(H,30,37)(H,35,36). The number of benzene rings is 3. The van der Waals surface area contributed by atoms with E-state index in [0.717, 1.165) is 10.6 Å². The number of carbonyl (C=O) groups is 2. The summed E-state index contributed by atoms with van der Waals surface area (Å²) in [7, 11) is 0. The highest BCUT2D eigenvalue weighted by molar-refractivity contribution is 6.31. The maximum atomic E-state index is 13.5. The van der Waals surface area contributed by atoms with E-state index >= 15 is 0 Å². The van der Waals surface area contributed by atoms with Gasteiger partial charge in [-0.15, -0.1) is 0 Å². The molecular weight excluding hydrogens is 524 g/mol. The first-order chi connectivity index (χ1) is 18.7.